The van der Waals surface area contributed by atoms with Crippen LogP contribution in [0.3, 0.4) is 0 Å². The summed E-state index contributed by atoms with van der Waals surface area (Å²) in [5.74, 6) is -0.220. The Hall–Kier alpha value is 1.40. The minimum atomic E-state index is -0.220. The van der Waals surface area contributed by atoms with Gasteiger partial charge in [0, 0.05) is 6.42 Å². The molecular weight excluding hydrogens is 167 g/mol. The molecule has 0 N–H and O–H groups in total. The van der Waals surface area contributed by atoms with Crippen molar-refractivity contribution in [3.63, 3.8) is 0 Å². The standard InChI is InChI=1S/C5H9ClO2.K.H/c1-2-3-5(7)8-4-6;;/h2-4H2,1H3;;. The number of ether oxygens (including phenoxy) is 1. The molecule has 0 aliphatic rings. The van der Waals surface area contributed by atoms with E-state index in [0.717, 1.165) is 6.42 Å². The molecule has 0 aliphatic heterocycles. The van der Waals surface area contributed by atoms with Crippen molar-refractivity contribution in [3.8, 4) is 0 Å². The Morgan fingerprint density at radius 1 is 1.67 bits per heavy atom. The third-order valence-corrected chi connectivity index (χ3v) is 0.779. The molecule has 0 atom stereocenters. The molecule has 0 aromatic heterocycles. The number of carbonyl (C=O) groups excluding carboxylic acids is 1. The van der Waals surface area contributed by atoms with Crippen LogP contribution in [0, 0.1) is 0 Å². The summed E-state index contributed by atoms with van der Waals surface area (Å²) in [6.07, 6.45) is 1.28. The average molecular weight is 177 g/mol. The van der Waals surface area contributed by atoms with Gasteiger partial charge in [-0.25, -0.2) is 0 Å². The van der Waals surface area contributed by atoms with Crippen LogP contribution >= 0.6 is 11.6 Å². The van der Waals surface area contributed by atoms with E-state index in [1.807, 2.05) is 6.92 Å². The molecule has 0 saturated carbocycles. The summed E-state index contributed by atoms with van der Waals surface area (Å²) in [6.45, 7) is 1.91. The Kier molecular flexibility index (Phi) is 13.6. The van der Waals surface area contributed by atoms with Crippen LogP contribution in [0.5, 0.6) is 0 Å². The summed E-state index contributed by atoms with van der Waals surface area (Å²) in [7, 11) is 0. The van der Waals surface area contributed by atoms with Crippen LogP contribution < -0.4 is 0 Å². The Morgan fingerprint density at radius 2 is 2.22 bits per heavy atom. The molecule has 0 bridgehead atoms. The van der Waals surface area contributed by atoms with Crippen LogP contribution in [0.1, 0.15) is 19.8 Å². The van der Waals surface area contributed by atoms with Crippen molar-refractivity contribution >= 4 is 69.0 Å². The predicted molar refractivity (Wildman–Crippen MR) is 38.9 cm³/mol. The molecule has 9 heavy (non-hydrogen) atoms. The molecule has 50 valence electrons. The average Bonchev–Trinajstić information content (AvgIpc) is 1.68. The van der Waals surface area contributed by atoms with E-state index in [1.165, 1.54) is 0 Å². The van der Waals surface area contributed by atoms with Crippen LogP contribution in [0.25, 0.3) is 0 Å². The fraction of sp³-hybridized carbons (Fsp3) is 0.800. The fourth-order valence-electron chi connectivity index (χ4n) is 0.337. The van der Waals surface area contributed by atoms with Crippen molar-refractivity contribution in [1.82, 2.24) is 0 Å². The van der Waals surface area contributed by atoms with Gasteiger partial charge in [0.1, 0.15) is 0 Å². The van der Waals surface area contributed by atoms with Gasteiger partial charge < -0.3 is 4.74 Å². The van der Waals surface area contributed by atoms with Crippen molar-refractivity contribution in [3.05, 3.63) is 0 Å². The van der Waals surface area contributed by atoms with Crippen LogP contribution in [0.15, 0.2) is 0 Å². The monoisotopic (exact) mass is 176 g/mol. The molecule has 0 aromatic rings. The van der Waals surface area contributed by atoms with Gasteiger partial charge in [-0.3, -0.25) is 4.79 Å². The summed E-state index contributed by atoms with van der Waals surface area (Å²) in [5.41, 5.74) is 0. The Morgan fingerprint density at radius 3 is 2.56 bits per heavy atom. The zero-order valence-corrected chi connectivity index (χ0v) is 5.57. The van der Waals surface area contributed by atoms with E-state index in [2.05, 4.69) is 4.74 Å². The number of carbonyl (C=O) groups is 1. The van der Waals surface area contributed by atoms with Crippen molar-refractivity contribution < 1.29 is 9.53 Å². The van der Waals surface area contributed by atoms with E-state index >= 15 is 0 Å². The van der Waals surface area contributed by atoms with Crippen molar-refractivity contribution in [2.24, 2.45) is 0 Å². The normalized spacial score (nSPS) is 7.78. The second kappa shape index (κ2) is 9.40. The first-order chi connectivity index (χ1) is 3.81. The minimum absolute atomic E-state index is 0. The van der Waals surface area contributed by atoms with Gasteiger partial charge in [0.25, 0.3) is 0 Å². The quantitative estimate of drug-likeness (QED) is 0.363. The molecule has 0 aliphatic carbocycles. The van der Waals surface area contributed by atoms with Gasteiger partial charge in [-0.2, -0.15) is 0 Å². The van der Waals surface area contributed by atoms with E-state index in [9.17, 15) is 4.79 Å². The van der Waals surface area contributed by atoms with Crippen LogP contribution in [-0.4, -0.2) is 63.4 Å². The van der Waals surface area contributed by atoms with E-state index < -0.39 is 0 Å². The molecule has 0 amide bonds. The molecule has 0 spiro atoms. The number of esters is 1. The SMILES string of the molecule is CCCC(=O)OCCl.[KH]. The molecule has 0 saturated heterocycles. The third-order valence-electron chi connectivity index (χ3n) is 0.670. The number of rotatable bonds is 3. The number of halogens is 1. The Bertz CT molecular complexity index is 69.4. The summed E-state index contributed by atoms with van der Waals surface area (Å²) in [5, 5.41) is 0. The summed E-state index contributed by atoms with van der Waals surface area (Å²) in [4.78, 5) is 10.3. The topological polar surface area (TPSA) is 26.3 Å². The molecule has 0 rings (SSSR count). The van der Waals surface area contributed by atoms with Crippen molar-refractivity contribution in [1.29, 1.82) is 0 Å². The zero-order chi connectivity index (χ0) is 6.41. The molecule has 0 radical (unpaired) electrons. The molecule has 2 nitrogen and oxygen atoms in total. The van der Waals surface area contributed by atoms with E-state index in [1.54, 1.807) is 0 Å². The maximum atomic E-state index is 10.3. The second-order valence-corrected chi connectivity index (χ2v) is 1.59. The van der Waals surface area contributed by atoms with E-state index in [0.29, 0.717) is 6.42 Å². The van der Waals surface area contributed by atoms with Gasteiger partial charge in [-0.1, -0.05) is 18.5 Å². The van der Waals surface area contributed by atoms with Crippen LogP contribution in [-0.2, 0) is 9.53 Å². The van der Waals surface area contributed by atoms with Crippen LogP contribution in [0.2, 0.25) is 0 Å². The van der Waals surface area contributed by atoms with Crippen molar-refractivity contribution in [2.75, 3.05) is 6.07 Å². The van der Waals surface area contributed by atoms with Crippen LogP contribution in [0.4, 0.5) is 0 Å². The predicted octanol–water partition coefficient (Wildman–Crippen LogP) is 0.877. The van der Waals surface area contributed by atoms with E-state index in [4.69, 9.17) is 11.6 Å². The summed E-state index contributed by atoms with van der Waals surface area (Å²) in [6, 6.07) is -0.0289. The van der Waals surface area contributed by atoms with Gasteiger partial charge in [0.15, 0.2) is 6.07 Å². The van der Waals surface area contributed by atoms with Gasteiger partial charge >= 0.3 is 57.4 Å². The van der Waals surface area contributed by atoms with Gasteiger partial charge in [-0.15, -0.1) is 0 Å². The Labute approximate surface area is 103 Å². The number of hydrogen-bond donors (Lipinski definition) is 0. The fourth-order valence-corrected chi connectivity index (χ4v) is 0.459. The van der Waals surface area contributed by atoms with E-state index in [-0.39, 0.29) is 63.4 Å². The molecule has 0 heterocycles. The van der Waals surface area contributed by atoms with Gasteiger partial charge in [0.2, 0.25) is 0 Å². The zero-order valence-electron chi connectivity index (χ0n) is 4.82. The molecule has 0 aromatic carbocycles. The first-order valence-electron chi connectivity index (χ1n) is 2.52. The summed E-state index contributed by atoms with van der Waals surface area (Å²) >= 11 is 5.09. The second-order valence-electron chi connectivity index (χ2n) is 1.38. The van der Waals surface area contributed by atoms with Gasteiger partial charge in [-0.05, 0) is 6.42 Å². The van der Waals surface area contributed by atoms with Crippen molar-refractivity contribution in [2.45, 2.75) is 19.8 Å². The first-order valence-corrected chi connectivity index (χ1v) is 3.06. The Balaban J connectivity index is 0. The molecule has 0 fully saturated rings. The number of alkyl halides is 1. The molecular formula is C5H10ClKO2. The molecule has 4 heteroatoms. The first kappa shape index (κ1) is 13.0. The maximum absolute atomic E-state index is 10.3. The summed E-state index contributed by atoms with van der Waals surface area (Å²) < 4.78 is 4.41. The number of hydrogen-bond acceptors (Lipinski definition) is 2. The third kappa shape index (κ3) is 9.40. The van der Waals surface area contributed by atoms with Gasteiger partial charge in [0.05, 0.1) is 0 Å². The molecule has 0 unspecified atom stereocenters.